The van der Waals surface area contributed by atoms with Gasteiger partial charge in [-0.25, -0.2) is 4.98 Å². The van der Waals surface area contributed by atoms with Crippen LogP contribution in [0.5, 0.6) is 5.75 Å². The van der Waals surface area contributed by atoms with Crippen LogP contribution in [0.3, 0.4) is 0 Å². The summed E-state index contributed by atoms with van der Waals surface area (Å²) in [4.78, 5) is 8.83. The number of hydrogen-bond acceptors (Lipinski definition) is 5. The lowest BCUT2D eigenvalue weighted by Crippen LogP contribution is -2.46. The Labute approximate surface area is 147 Å². The van der Waals surface area contributed by atoms with Gasteiger partial charge in [-0.1, -0.05) is 11.6 Å². The summed E-state index contributed by atoms with van der Waals surface area (Å²) in [6.07, 6.45) is 1.77. The summed E-state index contributed by atoms with van der Waals surface area (Å²) in [5.74, 6) is 0.873. The Bertz CT molecular complexity index is 734. The van der Waals surface area contributed by atoms with Crippen LogP contribution in [-0.4, -0.2) is 43.2 Å². The molecule has 1 aromatic heterocycles. The number of nitriles is 1. The molecule has 2 aromatic rings. The number of nitrogens with zero attached hydrogens (tertiary/aromatic N) is 4. The SMILES string of the molecule is COc1ccc(Cl)cc1CN1CCN(c2ccc(C#N)nc2)CC1. The minimum atomic E-state index is 0.449. The molecule has 5 nitrogen and oxygen atoms in total. The van der Waals surface area contributed by atoms with Gasteiger partial charge in [0.1, 0.15) is 17.5 Å². The lowest BCUT2D eigenvalue weighted by molar-refractivity contribution is 0.246. The quantitative estimate of drug-likeness (QED) is 0.855. The second-order valence-electron chi connectivity index (χ2n) is 5.73. The average Bonchev–Trinajstić information content (AvgIpc) is 2.63. The largest absolute Gasteiger partial charge is 0.496 e. The number of benzene rings is 1. The number of piperazine rings is 1. The molecule has 0 aliphatic carbocycles. The van der Waals surface area contributed by atoms with Gasteiger partial charge in [-0.2, -0.15) is 5.26 Å². The van der Waals surface area contributed by atoms with Gasteiger partial charge in [-0.15, -0.1) is 0 Å². The van der Waals surface area contributed by atoms with Crippen LogP contribution in [0.2, 0.25) is 5.02 Å². The molecule has 1 aromatic carbocycles. The maximum Gasteiger partial charge on any atom is 0.140 e. The van der Waals surface area contributed by atoms with Gasteiger partial charge < -0.3 is 9.64 Å². The number of pyridine rings is 1. The summed E-state index contributed by atoms with van der Waals surface area (Å²) in [6.45, 7) is 4.58. The molecule has 1 aliphatic rings. The van der Waals surface area contributed by atoms with E-state index in [-0.39, 0.29) is 0 Å². The van der Waals surface area contributed by atoms with Crippen molar-refractivity contribution in [2.24, 2.45) is 0 Å². The summed E-state index contributed by atoms with van der Waals surface area (Å²) in [6, 6.07) is 11.5. The molecule has 1 saturated heterocycles. The van der Waals surface area contributed by atoms with E-state index in [0.29, 0.717) is 5.69 Å². The fraction of sp³-hybridized carbons (Fsp3) is 0.333. The molecule has 1 aliphatic heterocycles. The predicted octanol–water partition coefficient (Wildman–Crippen LogP) is 2.94. The summed E-state index contributed by atoms with van der Waals surface area (Å²) < 4.78 is 5.42. The fourth-order valence-electron chi connectivity index (χ4n) is 2.92. The van der Waals surface area contributed by atoms with Crippen molar-refractivity contribution in [3.8, 4) is 11.8 Å². The third-order valence-corrected chi connectivity index (χ3v) is 4.47. The highest BCUT2D eigenvalue weighted by Gasteiger charge is 2.19. The number of halogens is 1. The molecule has 124 valence electrons. The first-order valence-corrected chi connectivity index (χ1v) is 8.23. The summed E-state index contributed by atoms with van der Waals surface area (Å²) in [7, 11) is 1.68. The van der Waals surface area contributed by atoms with E-state index in [0.717, 1.165) is 54.7 Å². The number of methoxy groups -OCH3 is 1. The van der Waals surface area contributed by atoms with Gasteiger partial charge in [0.05, 0.1) is 19.0 Å². The van der Waals surface area contributed by atoms with Crippen LogP contribution in [0.25, 0.3) is 0 Å². The Morgan fingerprint density at radius 2 is 2.00 bits per heavy atom. The van der Waals surface area contributed by atoms with Crippen LogP contribution in [0.15, 0.2) is 36.5 Å². The van der Waals surface area contributed by atoms with Crippen LogP contribution in [0, 0.1) is 11.3 Å². The minimum Gasteiger partial charge on any atom is -0.496 e. The van der Waals surface area contributed by atoms with Gasteiger partial charge in [-0.3, -0.25) is 4.90 Å². The van der Waals surface area contributed by atoms with E-state index >= 15 is 0 Å². The zero-order chi connectivity index (χ0) is 16.9. The van der Waals surface area contributed by atoms with Gasteiger partial charge in [0.25, 0.3) is 0 Å². The zero-order valence-electron chi connectivity index (χ0n) is 13.6. The Morgan fingerprint density at radius 3 is 2.62 bits per heavy atom. The lowest BCUT2D eigenvalue weighted by Gasteiger charge is -2.36. The Morgan fingerprint density at radius 1 is 1.21 bits per heavy atom. The van der Waals surface area contributed by atoms with Gasteiger partial charge in [-0.05, 0) is 30.3 Å². The van der Waals surface area contributed by atoms with E-state index < -0.39 is 0 Å². The van der Waals surface area contributed by atoms with Crippen molar-refractivity contribution in [2.45, 2.75) is 6.54 Å². The highest BCUT2D eigenvalue weighted by molar-refractivity contribution is 6.30. The van der Waals surface area contributed by atoms with Crippen LogP contribution in [0.1, 0.15) is 11.3 Å². The average molecular weight is 343 g/mol. The van der Waals surface area contributed by atoms with Crippen LogP contribution in [0.4, 0.5) is 5.69 Å². The Balaban J connectivity index is 1.61. The second kappa shape index (κ2) is 7.52. The van der Waals surface area contributed by atoms with Crippen molar-refractivity contribution in [1.29, 1.82) is 5.26 Å². The van der Waals surface area contributed by atoms with Crippen LogP contribution in [-0.2, 0) is 6.54 Å². The summed E-state index contributed by atoms with van der Waals surface area (Å²) in [5.41, 5.74) is 2.62. The smallest absolute Gasteiger partial charge is 0.140 e. The molecular formula is C18H19ClN4O. The first-order valence-electron chi connectivity index (χ1n) is 7.85. The molecule has 0 atom stereocenters. The molecule has 2 heterocycles. The number of hydrogen-bond donors (Lipinski definition) is 0. The van der Waals surface area contributed by atoms with Gasteiger partial charge in [0.15, 0.2) is 0 Å². The standard InChI is InChI=1S/C18H19ClN4O/c1-24-18-5-2-15(19)10-14(18)13-22-6-8-23(9-7-22)17-4-3-16(11-20)21-12-17/h2-5,10,12H,6-9,13H2,1H3. The number of aromatic nitrogens is 1. The third-order valence-electron chi connectivity index (χ3n) is 4.24. The molecule has 0 N–H and O–H groups in total. The van der Waals surface area contributed by atoms with E-state index in [9.17, 15) is 0 Å². The van der Waals surface area contributed by atoms with Crippen molar-refractivity contribution >= 4 is 17.3 Å². The monoisotopic (exact) mass is 342 g/mol. The minimum absolute atomic E-state index is 0.449. The summed E-state index contributed by atoms with van der Waals surface area (Å²) >= 11 is 6.11. The molecule has 0 radical (unpaired) electrons. The van der Waals surface area contributed by atoms with Gasteiger partial charge in [0.2, 0.25) is 0 Å². The van der Waals surface area contributed by atoms with Gasteiger partial charge in [0, 0.05) is 43.3 Å². The van der Waals surface area contributed by atoms with E-state index in [1.165, 1.54) is 0 Å². The molecule has 1 fully saturated rings. The molecule has 0 spiro atoms. The lowest BCUT2D eigenvalue weighted by atomic mass is 10.1. The van der Waals surface area contributed by atoms with Crippen LogP contribution >= 0.6 is 11.6 Å². The Hall–Kier alpha value is -2.29. The molecule has 0 amide bonds. The molecule has 0 unspecified atom stereocenters. The summed E-state index contributed by atoms with van der Waals surface area (Å²) in [5, 5.41) is 9.55. The van der Waals surface area contributed by atoms with E-state index in [1.54, 1.807) is 19.4 Å². The van der Waals surface area contributed by atoms with Gasteiger partial charge >= 0.3 is 0 Å². The van der Waals surface area contributed by atoms with E-state index in [1.807, 2.05) is 30.3 Å². The number of rotatable bonds is 4. The van der Waals surface area contributed by atoms with Crippen LogP contribution < -0.4 is 9.64 Å². The predicted molar refractivity (Wildman–Crippen MR) is 94.4 cm³/mol. The third kappa shape index (κ3) is 3.78. The molecule has 3 rings (SSSR count). The van der Waals surface area contributed by atoms with E-state index in [4.69, 9.17) is 21.6 Å². The van der Waals surface area contributed by atoms with Crippen molar-refractivity contribution in [3.05, 3.63) is 52.8 Å². The zero-order valence-corrected chi connectivity index (χ0v) is 14.3. The maximum absolute atomic E-state index is 8.82. The molecular weight excluding hydrogens is 324 g/mol. The second-order valence-corrected chi connectivity index (χ2v) is 6.17. The van der Waals surface area contributed by atoms with Crippen molar-refractivity contribution in [3.63, 3.8) is 0 Å². The first-order chi connectivity index (χ1) is 11.7. The van der Waals surface area contributed by atoms with Crippen molar-refractivity contribution in [2.75, 3.05) is 38.2 Å². The highest BCUT2D eigenvalue weighted by atomic mass is 35.5. The van der Waals surface area contributed by atoms with Crippen molar-refractivity contribution in [1.82, 2.24) is 9.88 Å². The molecule has 24 heavy (non-hydrogen) atoms. The van der Waals surface area contributed by atoms with Crippen molar-refractivity contribution < 1.29 is 4.74 Å². The fourth-order valence-corrected chi connectivity index (χ4v) is 3.11. The number of ether oxygens (including phenoxy) is 1. The molecule has 6 heteroatoms. The normalized spacial score (nSPS) is 15.1. The van der Waals surface area contributed by atoms with E-state index in [2.05, 4.69) is 14.8 Å². The number of anilines is 1. The topological polar surface area (TPSA) is 52.4 Å². The molecule has 0 bridgehead atoms. The first kappa shape index (κ1) is 16.6. The highest BCUT2D eigenvalue weighted by Crippen LogP contribution is 2.25. The maximum atomic E-state index is 8.82. The molecule has 0 saturated carbocycles. The Kier molecular flexibility index (Phi) is 5.19.